The summed E-state index contributed by atoms with van der Waals surface area (Å²) in [6.45, 7) is 2.88. The standard InChI is InChI=1S/C21H27N3O5S/c1-16(20(25)22-11-10-17-8-4-3-5-9-17)29-21(26)19-14-18(15-23(19)2)30(27,28)24-12-6-7-13-24/h3-5,8-9,14-16H,6-7,10-13H2,1-2H3,(H,22,25). The van der Waals surface area contributed by atoms with Gasteiger partial charge in [-0.05, 0) is 37.8 Å². The molecule has 1 saturated heterocycles. The highest BCUT2D eigenvalue weighted by Gasteiger charge is 2.30. The van der Waals surface area contributed by atoms with E-state index in [0.29, 0.717) is 26.1 Å². The lowest BCUT2D eigenvalue weighted by molar-refractivity contribution is -0.129. The summed E-state index contributed by atoms with van der Waals surface area (Å²) in [6.07, 6.45) is 2.73. The van der Waals surface area contributed by atoms with Crippen LogP contribution in [0.4, 0.5) is 0 Å². The first kappa shape index (κ1) is 22.0. The molecule has 1 aliphatic rings. The molecule has 2 heterocycles. The first-order valence-corrected chi connectivity index (χ1v) is 11.4. The molecule has 1 amide bonds. The number of nitrogens with one attached hydrogen (secondary N) is 1. The van der Waals surface area contributed by atoms with Gasteiger partial charge in [0.25, 0.3) is 5.91 Å². The molecule has 1 aromatic carbocycles. The molecule has 0 bridgehead atoms. The first-order chi connectivity index (χ1) is 14.3. The highest BCUT2D eigenvalue weighted by atomic mass is 32.2. The Balaban J connectivity index is 1.57. The highest BCUT2D eigenvalue weighted by Crippen LogP contribution is 2.23. The maximum atomic E-state index is 12.7. The van der Waals surface area contributed by atoms with Crippen LogP contribution in [0.2, 0.25) is 0 Å². The van der Waals surface area contributed by atoms with E-state index in [9.17, 15) is 18.0 Å². The number of aromatic nitrogens is 1. The lowest BCUT2D eigenvalue weighted by atomic mass is 10.1. The van der Waals surface area contributed by atoms with E-state index in [1.807, 2.05) is 30.3 Å². The lowest BCUT2D eigenvalue weighted by Gasteiger charge is -2.14. The van der Waals surface area contributed by atoms with Gasteiger partial charge in [-0.3, -0.25) is 4.79 Å². The van der Waals surface area contributed by atoms with Crippen LogP contribution in [0.1, 0.15) is 35.8 Å². The van der Waals surface area contributed by atoms with Crippen molar-refractivity contribution in [2.45, 2.75) is 37.2 Å². The van der Waals surface area contributed by atoms with Crippen molar-refractivity contribution in [3.05, 3.63) is 53.9 Å². The van der Waals surface area contributed by atoms with Crippen LogP contribution in [0.15, 0.2) is 47.5 Å². The number of sulfonamides is 1. The van der Waals surface area contributed by atoms with E-state index in [1.165, 1.54) is 28.1 Å². The number of nitrogens with zero attached hydrogens (tertiary/aromatic N) is 2. The molecule has 1 aliphatic heterocycles. The first-order valence-electron chi connectivity index (χ1n) is 9.98. The molecule has 1 N–H and O–H groups in total. The van der Waals surface area contributed by atoms with E-state index in [4.69, 9.17) is 4.74 Å². The van der Waals surface area contributed by atoms with Gasteiger partial charge in [0, 0.05) is 32.9 Å². The molecular weight excluding hydrogens is 406 g/mol. The Hall–Kier alpha value is -2.65. The van der Waals surface area contributed by atoms with Crippen LogP contribution in [0.5, 0.6) is 0 Å². The summed E-state index contributed by atoms with van der Waals surface area (Å²) in [4.78, 5) is 24.8. The number of esters is 1. The van der Waals surface area contributed by atoms with Crippen molar-refractivity contribution in [3.8, 4) is 0 Å². The minimum absolute atomic E-state index is 0.0545. The Morgan fingerprint density at radius 1 is 1.17 bits per heavy atom. The summed E-state index contributed by atoms with van der Waals surface area (Å²) in [7, 11) is -2.06. The van der Waals surface area contributed by atoms with Crippen molar-refractivity contribution in [2.24, 2.45) is 7.05 Å². The average Bonchev–Trinajstić information content (AvgIpc) is 3.39. The average molecular weight is 434 g/mol. The second-order valence-electron chi connectivity index (χ2n) is 7.36. The summed E-state index contributed by atoms with van der Waals surface area (Å²) >= 11 is 0. The Morgan fingerprint density at radius 3 is 2.50 bits per heavy atom. The number of rotatable bonds is 8. The fraction of sp³-hybridized carbons (Fsp3) is 0.429. The molecule has 1 atom stereocenters. The molecule has 8 nitrogen and oxygen atoms in total. The van der Waals surface area contributed by atoms with E-state index in [-0.39, 0.29) is 10.6 Å². The van der Waals surface area contributed by atoms with Crippen LogP contribution in [0, 0.1) is 0 Å². The van der Waals surface area contributed by atoms with Gasteiger partial charge in [0.1, 0.15) is 10.6 Å². The van der Waals surface area contributed by atoms with Crippen LogP contribution >= 0.6 is 0 Å². The summed E-state index contributed by atoms with van der Waals surface area (Å²) in [6, 6.07) is 11.0. The summed E-state index contributed by atoms with van der Waals surface area (Å²) in [5, 5.41) is 2.74. The molecule has 162 valence electrons. The molecule has 0 spiro atoms. The smallest absolute Gasteiger partial charge is 0.355 e. The number of carbonyl (C=O) groups is 2. The third-order valence-corrected chi connectivity index (χ3v) is 6.96. The van der Waals surface area contributed by atoms with E-state index in [0.717, 1.165) is 18.4 Å². The third-order valence-electron chi connectivity index (χ3n) is 5.10. The SMILES string of the molecule is CC(OC(=O)c1cc(S(=O)(=O)N2CCCC2)cn1C)C(=O)NCCc1ccccc1. The Bertz CT molecular complexity index is 995. The van der Waals surface area contributed by atoms with Gasteiger partial charge in [0.05, 0.1) is 0 Å². The zero-order valence-electron chi connectivity index (χ0n) is 17.2. The number of benzene rings is 1. The van der Waals surface area contributed by atoms with Crippen LogP contribution in [0.3, 0.4) is 0 Å². The molecule has 1 unspecified atom stereocenters. The van der Waals surface area contributed by atoms with Crippen LogP contribution in [-0.2, 0) is 33.0 Å². The number of hydrogen-bond donors (Lipinski definition) is 1. The van der Waals surface area contributed by atoms with Crippen LogP contribution in [-0.4, -0.2) is 54.9 Å². The van der Waals surface area contributed by atoms with Gasteiger partial charge >= 0.3 is 5.97 Å². The summed E-state index contributed by atoms with van der Waals surface area (Å²) in [5.74, 6) is -1.15. The zero-order chi connectivity index (χ0) is 21.7. The molecule has 9 heteroatoms. The van der Waals surface area contributed by atoms with E-state index in [2.05, 4.69) is 5.32 Å². The maximum absolute atomic E-state index is 12.7. The van der Waals surface area contributed by atoms with Crippen molar-refractivity contribution in [3.63, 3.8) is 0 Å². The highest BCUT2D eigenvalue weighted by molar-refractivity contribution is 7.89. The zero-order valence-corrected chi connectivity index (χ0v) is 18.0. The van der Waals surface area contributed by atoms with Crippen LogP contribution < -0.4 is 5.32 Å². The largest absolute Gasteiger partial charge is 0.448 e. The molecule has 1 fully saturated rings. The van der Waals surface area contributed by atoms with E-state index >= 15 is 0 Å². The Kier molecular flexibility index (Phi) is 6.94. The van der Waals surface area contributed by atoms with Gasteiger partial charge < -0.3 is 14.6 Å². The summed E-state index contributed by atoms with van der Waals surface area (Å²) in [5.41, 5.74) is 1.18. The normalized spacial score (nSPS) is 15.7. The lowest BCUT2D eigenvalue weighted by Crippen LogP contribution is -2.37. The van der Waals surface area contributed by atoms with E-state index < -0.39 is 28.0 Å². The summed E-state index contributed by atoms with van der Waals surface area (Å²) < 4.78 is 33.4. The van der Waals surface area contributed by atoms with Gasteiger partial charge in [-0.15, -0.1) is 0 Å². The number of amides is 1. The van der Waals surface area contributed by atoms with Gasteiger partial charge in [0.2, 0.25) is 10.0 Å². The number of ether oxygens (including phenoxy) is 1. The van der Waals surface area contributed by atoms with Gasteiger partial charge in [-0.25, -0.2) is 13.2 Å². The predicted octanol–water partition coefficient (Wildman–Crippen LogP) is 1.71. The maximum Gasteiger partial charge on any atom is 0.355 e. The van der Waals surface area contributed by atoms with E-state index in [1.54, 1.807) is 7.05 Å². The molecule has 0 aliphatic carbocycles. The molecular formula is C21H27N3O5S. The van der Waals surface area contributed by atoms with Gasteiger partial charge in [-0.1, -0.05) is 30.3 Å². The van der Waals surface area contributed by atoms with Crippen LogP contribution in [0.25, 0.3) is 0 Å². The van der Waals surface area contributed by atoms with Crippen molar-refractivity contribution < 1.29 is 22.7 Å². The Labute approximate surface area is 176 Å². The van der Waals surface area contributed by atoms with Crippen molar-refractivity contribution in [1.82, 2.24) is 14.2 Å². The quantitative estimate of drug-likeness (QED) is 0.639. The fourth-order valence-corrected chi connectivity index (χ4v) is 4.94. The second kappa shape index (κ2) is 9.44. The second-order valence-corrected chi connectivity index (χ2v) is 9.30. The third kappa shape index (κ3) is 5.09. The molecule has 30 heavy (non-hydrogen) atoms. The molecule has 0 saturated carbocycles. The molecule has 2 aromatic rings. The molecule has 1 aromatic heterocycles. The van der Waals surface area contributed by atoms with Gasteiger partial charge in [-0.2, -0.15) is 4.31 Å². The molecule has 3 rings (SSSR count). The molecule has 0 radical (unpaired) electrons. The monoisotopic (exact) mass is 433 g/mol. The number of aryl methyl sites for hydroxylation is 1. The number of hydrogen-bond acceptors (Lipinski definition) is 5. The number of carbonyl (C=O) groups excluding carboxylic acids is 2. The predicted molar refractivity (Wildman–Crippen MR) is 111 cm³/mol. The van der Waals surface area contributed by atoms with Crippen molar-refractivity contribution >= 4 is 21.9 Å². The minimum Gasteiger partial charge on any atom is -0.448 e. The fourth-order valence-electron chi connectivity index (χ4n) is 3.35. The minimum atomic E-state index is -3.63. The van der Waals surface area contributed by atoms with Gasteiger partial charge in [0.15, 0.2) is 6.10 Å². The van der Waals surface area contributed by atoms with Crippen molar-refractivity contribution in [2.75, 3.05) is 19.6 Å². The topological polar surface area (TPSA) is 97.7 Å². The van der Waals surface area contributed by atoms with Crippen molar-refractivity contribution in [1.29, 1.82) is 0 Å². The Morgan fingerprint density at radius 2 is 1.83 bits per heavy atom.